The third-order valence-electron chi connectivity index (χ3n) is 13.9. The van der Waals surface area contributed by atoms with Crippen molar-refractivity contribution in [2.24, 2.45) is 34.5 Å². The van der Waals surface area contributed by atoms with Gasteiger partial charge in [-0.05, 0) is 76.0 Å². The number of epoxide rings is 1. The van der Waals surface area contributed by atoms with E-state index in [1.54, 1.807) is 12.3 Å². The highest BCUT2D eigenvalue weighted by Crippen LogP contribution is 2.73. The van der Waals surface area contributed by atoms with Crippen LogP contribution in [0.3, 0.4) is 0 Å². The maximum atomic E-state index is 12.9. The van der Waals surface area contributed by atoms with Gasteiger partial charge in [0.05, 0.1) is 23.7 Å². The molecule has 10 heteroatoms. The Bertz CT molecular complexity index is 1330. The first-order valence-corrected chi connectivity index (χ1v) is 17.6. The second-order valence-electron chi connectivity index (χ2n) is 16.0. The average molecular weight is 633 g/mol. The number of thioether (sulfide) groups is 1. The summed E-state index contributed by atoms with van der Waals surface area (Å²) < 4.78 is 31.8. The third kappa shape index (κ3) is 3.87. The zero-order chi connectivity index (χ0) is 31.9. The molecule has 7 aliphatic rings. The molecule has 0 amide bonds. The topological polar surface area (TPSA) is 121 Å². The molecule has 9 nitrogen and oxygen atoms in total. The van der Waals surface area contributed by atoms with Crippen molar-refractivity contribution in [1.29, 1.82) is 0 Å². The highest BCUT2D eigenvalue weighted by Gasteiger charge is 2.79. The largest absolute Gasteiger partial charge is 0.462 e. The van der Waals surface area contributed by atoms with Gasteiger partial charge in [0.25, 0.3) is 5.97 Å². The lowest BCUT2D eigenvalue weighted by molar-refractivity contribution is -0.396. The number of fused-ring (bicyclic) bond motifs is 6. The molecule has 3 saturated heterocycles. The minimum atomic E-state index is -1.49. The quantitative estimate of drug-likeness (QED) is 0.337. The van der Waals surface area contributed by atoms with Crippen LogP contribution in [0.25, 0.3) is 0 Å². The molecule has 1 spiro atoms. The molecule has 244 valence electrons. The zero-order valence-electron chi connectivity index (χ0n) is 27.3. The van der Waals surface area contributed by atoms with Crippen molar-refractivity contribution in [1.82, 2.24) is 0 Å². The molecular weight excluding hydrogens is 584 g/mol. The molecule has 6 fully saturated rings. The van der Waals surface area contributed by atoms with Gasteiger partial charge in [-0.1, -0.05) is 38.6 Å². The Morgan fingerprint density at radius 3 is 2.45 bits per heavy atom. The molecule has 3 saturated carbocycles. The molecule has 0 aromatic rings. The number of carbonyl (C=O) groups excluding carboxylic acids is 3. The number of hydrogen-bond donors (Lipinski definition) is 1. The van der Waals surface area contributed by atoms with Gasteiger partial charge in [-0.2, -0.15) is 0 Å². The molecule has 13 atom stereocenters. The minimum Gasteiger partial charge on any atom is -0.462 e. The Morgan fingerprint density at radius 2 is 1.77 bits per heavy atom. The third-order valence-corrected chi connectivity index (χ3v) is 14.5. The van der Waals surface area contributed by atoms with Gasteiger partial charge >= 0.3 is 5.97 Å². The predicted octanol–water partition coefficient (Wildman–Crippen LogP) is 4.72. The van der Waals surface area contributed by atoms with Crippen LogP contribution in [0.1, 0.15) is 93.4 Å². The first kappa shape index (κ1) is 31.3. The van der Waals surface area contributed by atoms with Crippen LogP contribution in [0.5, 0.6) is 0 Å². The predicted molar refractivity (Wildman–Crippen MR) is 161 cm³/mol. The second kappa shape index (κ2) is 9.41. The van der Waals surface area contributed by atoms with Gasteiger partial charge in [-0.15, -0.1) is 0 Å². The van der Waals surface area contributed by atoms with E-state index in [-0.39, 0.29) is 58.5 Å². The maximum absolute atomic E-state index is 12.9. The van der Waals surface area contributed by atoms with Crippen LogP contribution in [0.4, 0.5) is 0 Å². The van der Waals surface area contributed by atoms with Gasteiger partial charge in [0.15, 0.2) is 17.0 Å². The van der Waals surface area contributed by atoms with E-state index in [4.69, 9.17) is 23.7 Å². The summed E-state index contributed by atoms with van der Waals surface area (Å²) >= 11 is 1.13. The number of aliphatic hydroxyl groups is 1. The fraction of sp³-hybridized carbons (Fsp3) is 0.853. The van der Waals surface area contributed by atoms with E-state index in [0.29, 0.717) is 19.3 Å². The molecule has 3 heterocycles. The number of esters is 1. The molecular formula is C34H48O9S. The van der Waals surface area contributed by atoms with Gasteiger partial charge in [0, 0.05) is 37.0 Å². The molecule has 0 aromatic heterocycles. The molecule has 0 radical (unpaired) electrons. The van der Waals surface area contributed by atoms with Crippen LogP contribution >= 0.6 is 11.8 Å². The Labute approximate surface area is 264 Å². The van der Waals surface area contributed by atoms with Crippen molar-refractivity contribution in [3.05, 3.63) is 12.2 Å². The van der Waals surface area contributed by atoms with Gasteiger partial charge in [-0.3, -0.25) is 14.4 Å². The SMILES string of the molecule is CSC(=O)C[C@@]12O[C@@H]([C@@H](C)[C@]3(O)CC[C@H]4[C@@H]5[C@H](OC(C)=O)C[C@]67O[C@H]6C(=O)C=C[C@]7(C)[C@H]5CC[C@@]43C)C[C@@](C)(O1)C(C)(C)O2. The fourth-order valence-corrected chi connectivity index (χ4v) is 11.4. The van der Waals surface area contributed by atoms with Crippen LogP contribution in [0, 0.1) is 34.5 Å². The molecule has 0 unspecified atom stereocenters. The average Bonchev–Trinajstić information content (AvgIpc) is 3.57. The first-order valence-electron chi connectivity index (χ1n) is 16.4. The summed E-state index contributed by atoms with van der Waals surface area (Å²) in [6, 6.07) is 0. The highest BCUT2D eigenvalue weighted by molar-refractivity contribution is 8.13. The summed E-state index contributed by atoms with van der Waals surface area (Å²) in [7, 11) is 0. The number of carbonyl (C=O) groups is 3. The fourth-order valence-electron chi connectivity index (χ4n) is 11.1. The molecule has 2 bridgehead atoms. The minimum absolute atomic E-state index is 0.00417. The molecule has 0 aromatic carbocycles. The van der Waals surface area contributed by atoms with Crippen LogP contribution in [0.15, 0.2) is 12.2 Å². The van der Waals surface area contributed by atoms with Crippen LogP contribution < -0.4 is 0 Å². The van der Waals surface area contributed by atoms with Crippen LogP contribution in [0.2, 0.25) is 0 Å². The van der Waals surface area contributed by atoms with E-state index in [9.17, 15) is 19.5 Å². The van der Waals surface area contributed by atoms with Crippen LogP contribution in [-0.4, -0.2) is 74.9 Å². The summed E-state index contributed by atoms with van der Waals surface area (Å²) in [6.45, 7) is 13.9. The maximum Gasteiger partial charge on any atom is 0.302 e. The Hall–Kier alpha value is -1.30. The summed E-state index contributed by atoms with van der Waals surface area (Å²) in [6.07, 6.45) is 8.26. The summed E-state index contributed by atoms with van der Waals surface area (Å²) in [4.78, 5) is 37.7. The molecule has 3 aliphatic heterocycles. The Kier molecular flexibility index (Phi) is 6.69. The number of ketones is 1. The number of rotatable bonds is 5. The van der Waals surface area contributed by atoms with Gasteiger partial charge in [-0.25, -0.2) is 0 Å². The van der Waals surface area contributed by atoms with Crippen molar-refractivity contribution in [2.45, 2.75) is 140 Å². The van der Waals surface area contributed by atoms with E-state index < -0.39 is 46.0 Å². The van der Waals surface area contributed by atoms with Gasteiger partial charge in [0.1, 0.15) is 17.3 Å². The lowest BCUT2D eigenvalue weighted by atomic mass is 9.44. The van der Waals surface area contributed by atoms with Crippen molar-refractivity contribution in [3.63, 3.8) is 0 Å². The van der Waals surface area contributed by atoms with Crippen molar-refractivity contribution in [2.75, 3.05) is 6.26 Å². The highest BCUT2D eigenvalue weighted by atomic mass is 32.2. The van der Waals surface area contributed by atoms with Crippen molar-refractivity contribution >= 4 is 28.6 Å². The van der Waals surface area contributed by atoms with E-state index in [0.717, 1.165) is 31.0 Å². The van der Waals surface area contributed by atoms with Crippen LogP contribution in [-0.2, 0) is 38.1 Å². The lowest BCUT2D eigenvalue weighted by Gasteiger charge is -2.61. The molecule has 1 N–H and O–H groups in total. The van der Waals surface area contributed by atoms with E-state index >= 15 is 0 Å². The summed E-state index contributed by atoms with van der Waals surface area (Å²) in [5, 5.41) is 12.8. The second-order valence-corrected chi connectivity index (χ2v) is 16.9. The summed E-state index contributed by atoms with van der Waals surface area (Å²) in [5.74, 6) is -1.83. The normalized spacial score (nSPS) is 53.6. The first-order chi connectivity index (χ1) is 20.4. The Balaban J connectivity index is 1.22. The van der Waals surface area contributed by atoms with Gasteiger partial charge in [0.2, 0.25) is 0 Å². The number of ether oxygens (including phenoxy) is 5. The van der Waals surface area contributed by atoms with E-state index in [2.05, 4.69) is 26.8 Å². The molecule has 4 aliphatic carbocycles. The van der Waals surface area contributed by atoms with Crippen molar-refractivity contribution in [3.8, 4) is 0 Å². The number of hydrogen-bond acceptors (Lipinski definition) is 10. The zero-order valence-corrected chi connectivity index (χ0v) is 28.1. The van der Waals surface area contributed by atoms with E-state index in [1.807, 2.05) is 20.8 Å². The smallest absolute Gasteiger partial charge is 0.302 e. The molecule has 44 heavy (non-hydrogen) atoms. The van der Waals surface area contributed by atoms with E-state index in [1.165, 1.54) is 6.92 Å². The van der Waals surface area contributed by atoms with Gasteiger partial charge < -0.3 is 28.8 Å². The standard InChI is InChI=1S/C34H48O9S/c1-18(23-15-31(7)28(3,4)42-34(40-23,43-31)17-25(37)44-8)32(38)14-10-20-26-21(9-12-29(20,32)5)30(6)13-11-22(36)27-33(30,41-27)16-24(26)39-19(2)35/h11,13,18,20-21,23-24,26-27,38H,9-10,12,14-17H2,1-8H3/t18-,20+,21+,23-,24-,26+,27+,29+,30-,31-,32-,33+,34+/m1/s1. The monoisotopic (exact) mass is 632 g/mol. The van der Waals surface area contributed by atoms with Crippen molar-refractivity contribution < 1.29 is 43.2 Å². The molecule has 7 rings (SSSR count). The lowest BCUT2D eigenvalue weighted by Crippen LogP contribution is -2.65. The summed E-state index contributed by atoms with van der Waals surface area (Å²) in [5.41, 5.74) is -3.90. The Morgan fingerprint density at radius 1 is 1.07 bits per heavy atom.